The number of hydrogen-bond acceptors (Lipinski definition) is 3. The molecule has 1 saturated heterocycles. The number of para-hydroxylation sites is 1. The van der Waals surface area contributed by atoms with Crippen molar-refractivity contribution >= 4 is 33.5 Å². The van der Waals surface area contributed by atoms with E-state index in [9.17, 15) is 14.7 Å². The van der Waals surface area contributed by atoms with Crippen LogP contribution in [0.2, 0.25) is 0 Å². The number of carboxylic acids is 1. The molecule has 23 heavy (non-hydrogen) atoms. The highest BCUT2D eigenvalue weighted by molar-refractivity contribution is 9.10. The summed E-state index contributed by atoms with van der Waals surface area (Å²) in [4.78, 5) is 25.9. The second kappa shape index (κ2) is 7.01. The zero-order valence-corrected chi connectivity index (χ0v) is 14.5. The molecule has 0 bridgehead atoms. The fraction of sp³-hybridized carbons (Fsp3) is 0.529. The Labute approximate surface area is 144 Å². The summed E-state index contributed by atoms with van der Waals surface area (Å²) in [6.45, 7) is 0.138. The smallest absolute Gasteiger partial charge is 0.320 e. The average molecular weight is 381 g/mol. The number of carbonyl (C=O) groups is 2. The number of halogens is 1. The summed E-state index contributed by atoms with van der Waals surface area (Å²) in [5, 5.41) is 12.4. The van der Waals surface area contributed by atoms with Gasteiger partial charge in [-0.3, -0.25) is 14.5 Å². The number of hydrogen-bond donors (Lipinski definition) is 2. The topological polar surface area (TPSA) is 69.6 Å². The molecule has 1 aliphatic carbocycles. The zero-order chi connectivity index (χ0) is 16.4. The van der Waals surface area contributed by atoms with E-state index in [2.05, 4.69) is 21.2 Å². The number of rotatable bonds is 4. The van der Waals surface area contributed by atoms with Crippen LogP contribution in [0.25, 0.3) is 0 Å². The van der Waals surface area contributed by atoms with Gasteiger partial charge in [-0.2, -0.15) is 0 Å². The third-order valence-corrected chi connectivity index (χ3v) is 5.67. The lowest BCUT2D eigenvalue weighted by molar-refractivity contribution is -0.143. The van der Waals surface area contributed by atoms with Gasteiger partial charge in [0.1, 0.15) is 6.04 Å². The van der Waals surface area contributed by atoms with Crippen LogP contribution in [-0.4, -0.2) is 40.5 Å². The highest BCUT2D eigenvalue weighted by atomic mass is 79.9. The molecule has 2 fully saturated rings. The summed E-state index contributed by atoms with van der Waals surface area (Å²) in [5.74, 6) is -0.552. The minimum atomic E-state index is -0.812. The van der Waals surface area contributed by atoms with Gasteiger partial charge in [0.15, 0.2) is 0 Å². The molecule has 3 unspecified atom stereocenters. The zero-order valence-electron chi connectivity index (χ0n) is 12.9. The van der Waals surface area contributed by atoms with Crippen LogP contribution in [0.3, 0.4) is 0 Å². The van der Waals surface area contributed by atoms with Crippen LogP contribution in [0.1, 0.15) is 32.1 Å². The van der Waals surface area contributed by atoms with Crippen molar-refractivity contribution in [3.05, 3.63) is 28.7 Å². The molecular weight excluding hydrogens is 360 g/mol. The normalized spacial score (nSPS) is 27.4. The molecule has 0 aromatic heterocycles. The standard InChI is InChI=1S/C17H21BrN2O3/c18-12-6-2-3-7-13(12)19-16(21)10-20-14-8-4-1-5-11(14)9-15(20)17(22)23/h2-3,6-7,11,14-15H,1,4-5,8-10H2,(H,19,21)(H,22,23). The largest absolute Gasteiger partial charge is 0.480 e. The van der Waals surface area contributed by atoms with E-state index in [0.29, 0.717) is 18.0 Å². The van der Waals surface area contributed by atoms with E-state index in [-0.39, 0.29) is 18.5 Å². The summed E-state index contributed by atoms with van der Waals surface area (Å²) in [5.41, 5.74) is 0.712. The van der Waals surface area contributed by atoms with Crippen molar-refractivity contribution in [2.24, 2.45) is 5.92 Å². The molecule has 2 N–H and O–H groups in total. The predicted octanol–water partition coefficient (Wildman–Crippen LogP) is 3.11. The van der Waals surface area contributed by atoms with Crippen LogP contribution in [0.5, 0.6) is 0 Å². The van der Waals surface area contributed by atoms with E-state index in [1.165, 1.54) is 6.42 Å². The van der Waals surface area contributed by atoms with Crippen molar-refractivity contribution in [1.29, 1.82) is 0 Å². The van der Waals surface area contributed by atoms with Crippen LogP contribution >= 0.6 is 15.9 Å². The maximum Gasteiger partial charge on any atom is 0.320 e. The first-order valence-electron chi connectivity index (χ1n) is 8.09. The molecule has 1 aliphatic heterocycles. The van der Waals surface area contributed by atoms with Gasteiger partial charge in [-0.05, 0) is 53.2 Å². The Morgan fingerprint density at radius 3 is 2.74 bits per heavy atom. The van der Waals surface area contributed by atoms with Gasteiger partial charge in [-0.1, -0.05) is 25.0 Å². The number of nitrogens with one attached hydrogen (secondary N) is 1. The Bertz CT molecular complexity index is 607. The summed E-state index contributed by atoms with van der Waals surface area (Å²) < 4.78 is 0.820. The highest BCUT2D eigenvalue weighted by Crippen LogP contribution is 2.39. The van der Waals surface area contributed by atoms with Gasteiger partial charge in [0, 0.05) is 10.5 Å². The van der Waals surface area contributed by atoms with Crippen molar-refractivity contribution in [2.45, 2.75) is 44.2 Å². The van der Waals surface area contributed by atoms with Gasteiger partial charge >= 0.3 is 5.97 Å². The molecular formula is C17H21BrN2O3. The van der Waals surface area contributed by atoms with Crippen LogP contribution in [0.4, 0.5) is 5.69 Å². The molecule has 6 heteroatoms. The lowest BCUT2D eigenvalue weighted by Gasteiger charge is -2.32. The average Bonchev–Trinajstić information content (AvgIpc) is 2.89. The third kappa shape index (κ3) is 3.58. The van der Waals surface area contributed by atoms with Crippen LogP contribution in [0, 0.1) is 5.92 Å². The number of anilines is 1. The Hall–Kier alpha value is -1.40. The molecule has 1 aromatic rings. The number of fused-ring (bicyclic) bond motifs is 1. The van der Waals surface area contributed by atoms with Crippen molar-refractivity contribution in [2.75, 3.05) is 11.9 Å². The Balaban J connectivity index is 1.70. The Kier molecular flexibility index (Phi) is 5.02. The molecule has 124 valence electrons. The van der Waals surface area contributed by atoms with Crippen LogP contribution < -0.4 is 5.32 Å². The molecule has 3 rings (SSSR count). The van der Waals surface area contributed by atoms with Gasteiger partial charge in [0.25, 0.3) is 0 Å². The van der Waals surface area contributed by atoms with Crippen molar-refractivity contribution in [3.63, 3.8) is 0 Å². The second-order valence-corrected chi connectivity index (χ2v) is 7.26. The van der Waals surface area contributed by atoms with Crippen molar-refractivity contribution in [1.82, 2.24) is 4.90 Å². The highest BCUT2D eigenvalue weighted by Gasteiger charge is 2.45. The van der Waals surface area contributed by atoms with Crippen molar-refractivity contribution in [3.8, 4) is 0 Å². The third-order valence-electron chi connectivity index (χ3n) is 4.98. The molecule has 0 spiro atoms. The molecule has 0 radical (unpaired) electrons. The lowest BCUT2D eigenvalue weighted by Crippen LogP contribution is -2.46. The Morgan fingerprint density at radius 1 is 1.26 bits per heavy atom. The molecule has 2 aliphatic rings. The van der Waals surface area contributed by atoms with Crippen molar-refractivity contribution < 1.29 is 14.7 Å². The predicted molar refractivity (Wildman–Crippen MR) is 91.3 cm³/mol. The fourth-order valence-corrected chi connectivity index (χ4v) is 4.33. The number of nitrogens with zero attached hydrogens (tertiary/aromatic N) is 1. The molecule has 1 heterocycles. The molecule has 3 atom stereocenters. The molecule has 1 amide bonds. The number of carboxylic acid groups (broad SMARTS) is 1. The molecule has 1 aromatic carbocycles. The van der Waals surface area contributed by atoms with E-state index in [1.807, 2.05) is 29.2 Å². The van der Waals surface area contributed by atoms with Gasteiger partial charge < -0.3 is 10.4 Å². The first-order valence-corrected chi connectivity index (χ1v) is 8.88. The minimum absolute atomic E-state index is 0.138. The quantitative estimate of drug-likeness (QED) is 0.841. The second-order valence-electron chi connectivity index (χ2n) is 6.40. The number of amides is 1. The molecule has 1 saturated carbocycles. The first kappa shape index (κ1) is 16.5. The van der Waals surface area contributed by atoms with E-state index in [4.69, 9.17) is 0 Å². The maximum atomic E-state index is 12.4. The lowest BCUT2D eigenvalue weighted by atomic mass is 9.85. The van der Waals surface area contributed by atoms with Crippen LogP contribution in [0.15, 0.2) is 28.7 Å². The monoisotopic (exact) mass is 380 g/mol. The number of carbonyl (C=O) groups excluding carboxylic acids is 1. The van der Waals surface area contributed by atoms with E-state index in [1.54, 1.807) is 0 Å². The molecule has 5 nitrogen and oxygen atoms in total. The Morgan fingerprint density at radius 2 is 2.00 bits per heavy atom. The van der Waals surface area contributed by atoms with Gasteiger partial charge in [0.2, 0.25) is 5.91 Å². The number of aliphatic carboxylic acids is 1. The number of likely N-dealkylation sites (tertiary alicyclic amines) is 1. The summed E-state index contributed by atoms with van der Waals surface area (Å²) >= 11 is 3.41. The van der Waals surface area contributed by atoms with E-state index in [0.717, 1.165) is 23.7 Å². The summed E-state index contributed by atoms with van der Waals surface area (Å²) in [6, 6.07) is 7.12. The van der Waals surface area contributed by atoms with Gasteiger partial charge in [0.05, 0.1) is 12.2 Å². The summed E-state index contributed by atoms with van der Waals surface area (Å²) in [7, 11) is 0. The first-order chi connectivity index (χ1) is 11.1. The van der Waals surface area contributed by atoms with E-state index >= 15 is 0 Å². The SMILES string of the molecule is O=C(CN1C(C(=O)O)CC2CCCCC21)Nc1ccccc1Br. The van der Waals surface area contributed by atoms with Crippen LogP contribution in [-0.2, 0) is 9.59 Å². The van der Waals surface area contributed by atoms with E-state index < -0.39 is 12.0 Å². The maximum absolute atomic E-state index is 12.4. The number of benzene rings is 1. The van der Waals surface area contributed by atoms with Gasteiger partial charge in [-0.25, -0.2) is 0 Å². The van der Waals surface area contributed by atoms with Gasteiger partial charge in [-0.15, -0.1) is 0 Å². The fourth-order valence-electron chi connectivity index (χ4n) is 3.94. The summed E-state index contributed by atoms with van der Waals surface area (Å²) in [6.07, 6.45) is 5.04. The minimum Gasteiger partial charge on any atom is -0.480 e.